The van der Waals surface area contributed by atoms with Crippen molar-refractivity contribution in [3.63, 3.8) is 0 Å². The first kappa shape index (κ1) is 35.0. The van der Waals surface area contributed by atoms with Crippen molar-refractivity contribution in [1.82, 2.24) is 0 Å². The van der Waals surface area contributed by atoms with E-state index in [4.69, 9.17) is 0 Å². The zero-order valence-electron chi connectivity index (χ0n) is 23.5. The van der Waals surface area contributed by atoms with Crippen LogP contribution in [0.1, 0.15) is 82.9 Å². The summed E-state index contributed by atoms with van der Waals surface area (Å²) in [5.74, 6) is 1.48. The van der Waals surface area contributed by atoms with E-state index >= 15 is 0 Å². The summed E-state index contributed by atoms with van der Waals surface area (Å²) < 4.78 is -0.0617. The molecule has 3 aromatic carbocycles. The minimum atomic E-state index is -2.56. The van der Waals surface area contributed by atoms with Crippen molar-refractivity contribution in [3.8, 4) is 0 Å². The molecule has 1 unspecified atom stereocenters. The van der Waals surface area contributed by atoms with Crippen LogP contribution in [0.4, 0.5) is 0 Å². The molecule has 0 bridgehead atoms. The minimum absolute atomic E-state index is 0. The van der Waals surface area contributed by atoms with Crippen LogP contribution >= 0.6 is 0 Å². The maximum Gasteiger partial charge on any atom is -1.00 e. The van der Waals surface area contributed by atoms with Crippen molar-refractivity contribution in [2.45, 2.75) is 69.6 Å². The molecule has 4 rings (SSSR count). The number of hydrogen-bond acceptors (Lipinski definition) is 0. The third-order valence-corrected chi connectivity index (χ3v) is 15.8. The Morgan fingerprint density at radius 3 is 1.21 bits per heavy atom. The van der Waals surface area contributed by atoms with E-state index in [2.05, 4.69) is 160 Å². The molecule has 0 saturated heterocycles. The molecule has 0 radical (unpaired) electrons. The molecule has 1 aliphatic rings. The second kappa shape index (κ2) is 14.0. The quantitative estimate of drug-likeness (QED) is 0.219. The standard InChI is InChI=1S/C33H39Si.3ClH.Ti/c1-23(2)27-13-9-16-30(20-27)34(33-19-8-12-26(33)7,31-17-10-14-28(21-31)24(3)4)32-18-11-15-29(22-32)25(5)6;;;;/h8-25H,1-7H3;3*1H;/q;;;;+3/p-3. The van der Waals surface area contributed by atoms with Gasteiger partial charge in [-0.15, -0.1) is 0 Å². The predicted octanol–water partition coefficient (Wildman–Crippen LogP) is -1.70. The Hall–Kier alpha value is -1.06. The monoisotopic (exact) mass is 616 g/mol. The van der Waals surface area contributed by atoms with Crippen molar-refractivity contribution in [2.24, 2.45) is 0 Å². The van der Waals surface area contributed by atoms with Gasteiger partial charge in [0.25, 0.3) is 0 Å². The first-order valence-electron chi connectivity index (χ1n) is 13.0. The number of halogens is 3. The molecular weight excluding hydrogens is 579 g/mol. The largest absolute Gasteiger partial charge is 1.00 e. The van der Waals surface area contributed by atoms with E-state index in [1.807, 2.05) is 0 Å². The van der Waals surface area contributed by atoms with Crippen LogP contribution in [0, 0.1) is 0 Å². The van der Waals surface area contributed by atoms with Crippen molar-refractivity contribution < 1.29 is 57.7 Å². The van der Waals surface area contributed by atoms with E-state index in [0.717, 1.165) is 0 Å². The third kappa shape index (κ3) is 6.14. The van der Waals surface area contributed by atoms with Gasteiger partial charge in [0.1, 0.15) is 0 Å². The molecule has 0 aromatic heterocycles. The van der Waals surface area contributed by atoms with E-state index in [9.17, 15) is 0 Å². The molecule has 200 valence electrons. The molecule has 0 amide bonds. The van der Waals surface area contributed by atoms with Gasteiger partial charge in [-0.3, -0.25) is 0 Å². The number of hydrogen-bond donors (Lipinski definition) is 0. The van der Waals surface area contributed by atoms with Crippen LogP contribution in [0.3, 0.4) is 0 Å². The van der Waals surface area contributed by atoms with Crippen LogP contribution in [-0.2, 0) is 20.4 Å². The first-order chi connectivity index (χ1) is 16.6. The van der Waals surface area contributed by atoms with E-state index in [0.29, 0.717) is 17.8 Å². The maximum atomic E-state index is 2.53. The molecule has 0 fully saturated rings. The second-order valence-electron chi connectivity index (χ2n) is 11.1. The van der Waals surface area contributed by atoms with Crippen LogP contribution in [0.5, 0.6) is 0 Å². The Bertz CT molecular complexity index is 1150. The molecule has 1 aliphatic carbocycles. The Morgan fingerprint density at radius 1 is 0.605 bits per heavy atom. The van der Waals surface area contributed by atoms with Crippen LogP contribution in [-0.4, -0.2) is 8.07 Å². The molecule has 0 spiro atoms. The molecule has 3 aromatic rings. The normalized spacial score (nSPS) is 16.7. The van der Waals surface area contributed by atoms with Crippen molar-refractivity contribution in [1.29, 1.82) is 0 Å². The first-order valence-corrected chi connectivity index (χ1v) is 15.8. The van der Waals surface area contributed by atoms with Crippen LogP contribution < -0.4 is 52.8 Å². The molecule has 0 saturated carbocycles. The Morgan fingerprint density at radius 2 is 0.947 bits per heavy atom. The van der Waals surface area contributed by atoms with Gasteiger partial charge in [-0.2, -0.15) is 0 Å². The molecule has 0 heterocycles. The summed E-state index contributed by atoms with van der Waals surface area (Å²) in [4.78, 5) is 0. The minimum Gasteiger partial charge on any atom is -1.00 e. The Labute approximate surface area is 262 Å². The van der Waals surface area contributed by atoms with Crippen LogP contribution in [0.25, 0.3) is 0 Å². The Balaban J connectivity index is 0.00000241. The van der Waals surface area contributed by atoms with Crippen LogP contribution in [0.2, 0.25) is 3.34 Å². The van der Waals surface area contributed by atoms with Crippen LogP contribution in [0.15, 0.2) is 96.6 Å². The Kier molecular flexibility index (Phi) is 12.9. The van der Waals surface area contributed by atoms with Crippen molar-refractivity contribution in [3.05, 3.63) is 113 Å². The molecule has 0 aliphatic heterocycles. The smallest absolute Gasteiger partial charge is 1.00 e. The maximum absolute atomic E-state index is 2.56. The van der Waals surface area contributed by atoms with Gasteiger partial charge in [-0.05, 0) is 0 Å². The van der Waals surface area contributed by atoms with Crippen molar-refractivity contribution in [2.75, 3.05) is 0 Å². The average Bonchev–Trinajstić information content (AvgIpc) is 3.19. The third-order valence-electron chi connectivity index (χ3n) is 7.86. The summed E-state index contributed by atoms with van der Waals surface area (Å²) in [5.41, 5.74) is 5.73. The zero-order chi connectivity index (χ0) is 25.4. The molecular formula is C33H39Cl3SiTi. The fourth-order valence-corrected chi connectivity index (χ4v) is 13.5. The fourth-order valence-electron chi connectivity index (χ4n) is 5.60. The van der Waals surface area contributed by atoms with Gasteiger partial charge in [0, 0.05) is 0 Å². The van der Waals surface area contributed by atoms with Gasteiger partial charge in [0.15, 0.2) is 0 Å². The second-order valence-corrected chi connectivity index (χ2v) is 17.1. The van der Waals surface area contributed by atoms with E-state index < -0.39 is 8.07 Å². The number of benzene rings is 3. The molecule has 0 N–H and O–H groups in total. The summed E-state index contributed by atoms with van der Waals surface area (Å²) in [6.07, 6.45) is 7.13. The van der Waals surface area contributed by atoms with Gasteiger partial charge in [-0.1, -0.05) is 0 Å². The zero-order valence-corrected chi connectivity index (χ0v) is 28.4. The predicted molar refractivity (Wildman–Crippen MR) is 152 cm³/mol. The summed E-state index contributed by atoms with van der Waals surface area (Å²) >= 11 is 2.50. The van der Waals surface area contributed by atoms with E-state index in [1.165, 1.54) is 37.8 Å². The van der Waals surface area contributed by atoms with Gasteiger partial charge in [0.05, 0.1) is 0 Å². The summed E-state index contributed by atoms with van der Waals surface area (Å²) in [6.45, 7) is 16.2. The summed E-state index contributed by atoms with van der Waals surface area (Å²) in [5, 5.41) is 4.52. The molecule has 38 heavy (non-hydrogen) atoms. The van der Waals surface area contributed by atoms with Gasteiger partial charge < -0.3 is 37.2 Å². The average molecular weight is 618 g/mol. The molecule has 5 heteroatoms. The summed E-state index contributed by atoms with van der Waals surface area (Å²) in [7, 11) is -2.56. The van der Waals surface area contributed by atoms with E-state index in [1.54, 1.807) is 0 Å². The number of allylic oxidation sites excluding steroid dienone is 4. The molecule has 0 nitrogen and oxygen atoms in total. The topological polar surface area (TPSA) is 0 Å². The van der Waals surface area contributed by atoms with Gasteiger partial charge in [-0.25, -0.2) is 0 Å². The SMILES string of the molecule is CC1=CC=C[C]1([Ti+3])[Si](c1cccc(C(C)C)c1)(c1cccc(C(C)C)c1)c1cccc(C(C)C)c1.[Cl-].[Cl-].[Cl-]. The van der Waals surface area contributed by atoms with Gasteiger partial charge in [0.2, 0.25) is 0 Å². The number of rotatable bonds is 7. The van der Waals surface area contributed by atoms with E-state index in [-0.39, 0.29) is 40.6 Å². The van der Waals surface area contributed by atoms with Gasteiger partial charge >= 0.3 is 227 Å². The van der Waals surface area contributed by atoms with Crippen molar-refractivity contribution >= 4 is 23.6 Å². The summed E-state index contributed by atoms with van der Waals surface area (Å²) in [6, 6.07) is 28.7. The fraction of sp³-hybridized carbons (Fsp3) is 0.333. The molecule has 1 atom stereocenters.